The average molecular weight is 310 g/mol. The Morgan fingerprint density at radius 1 is 1.44 bits per heavy atom. The van der Waals surface area contributed by atoms with Crippen molar-refractivity contribution in [3.8, 4) is 0 Å². The summed E-state index contributed by atoms with van der Waals surface area (Å²) in [5.41, 5.74) is 0. The van der Waals surface area contributed by atoms with Crippen molar-refractivity contribution in [1.29, 1.82) is 0 Å². The molecule has 0 fully saturated rings. The molecule has 0 saturated heterocycles. The summed E-state index contributed by atoms with van der Waals surface area (Å²) in [7, 11) is 0. The molecule has 0 spiro atoms. The van der Waals surface area contributed by atoms with Crippen molar-refractivity contribution in [2.24, 2.45) is 5.92 Å². The van der Waals surface area contributed by atoms with Gasteiger partial charge in [-0.25, -0.2) is 0 Å². The minimum atomic E-state index is 1.05. The first-order valence-corrected chi connectivity index (χ1v) is 7.76. The van der Waals surface area contributed by atoms with Gasteiger partial charge in [-0.15, -0.1) is 0 Å². The predicted molar refractivity (Wildman–Crippen MR) is 35.9 cm³/mol. The minimum absolute atomic E-state index is 1.05. The summed E-state index contributed by atoms with van der Waals surface area (Å²) in [4.78, 5) is 0. The van der Waals surface area contributed by atoms with Crippen molar-refractivity contribution in [1.82, 2.24) is 0 Å². The van der Waals surface area contributed by atoms with Crippen LogP contribution in [0.4, 0.5) is 0 Å². The van der Waals surface area contributed by atoms with Crippen LogP contribution >= 0.6 is 0 Å². The van der Waals surface area contributed by atoms with Crippen LogP contribution in [0.5, 0.6) is 0 Å². The van der Waals surface area contributed by atoms with Crippen LogP contribution in [0.3, 0.4) is 0 Å². The Morgan fingerprint density at radius 2 is 2.33 bits per heavy atom. The summed E-state index contributed by atoms with van der Waals surface area (Å²) < 4.78 is 1.55. The molecular formula is C8H13Hg+. The van der Waals surface area contributed by atoms with E-state index in [4.69, 9.17) is 0 Å². The van der Waals surface area contributed by atoms with Crippen LogP contribution in [-0.2, 0) is 26.1 Å². The zero-order chi connectivity index (χ0) is 6.53. The molecule has 0 N–H and O–H groups in total. The van der Waals surface area contributed by atoms with Gasteiger partial charge in [0.25, 0.3) is 0 Å². The third-order valence-electron chi connectivity index (χ3n) is 1.99. The Hall–Kier alpha value is 0.675. The van der Waals surface area contributed by atoms with Crippen LogP contribution in [0.1, 0.15) is 25.7 Å². The fraction of sp³-hybridized carbons (Fsp3) is 0.750. The molecule has 1 aliphatic rings. The molecule has 1 aliphatic carbocycles. The van der Waals surface area contributed by atoms with Crippen molar-refractivity contribution >= 4 is 0 Å². The maximum absolute atomic E-state index is 2.36. The van der Waals surface area contributed by atoms with E-state index >= 15 is 0 Å². The zero-order valence-corrected chi connectivity index (χ0v) is 11.5. The van der Waals surface area contributed by atoms with E-state index in [1.807, 2.05) is 0 Å². The van der Waals surface area contributed by atoms with Gasteiger partial charge < -0.3 is 0 Å². The van der Waals surface area contributed by atoms with E-state index in [0.717, 1.165) is 32.0 Å². The molecule has 46 valence electrons. The first-order chi connectivity index (χ1) is 4.43. The molecule has 1 unspecified atom stereocenters. The Balaban J connectivity index is 2.18. The van der Waals surface area contributed by atoms with Gasteiger partial charge in [0.2, 0.25) is 0 Å². The molecule has 0 heterocycles. The Morgan fingerprint density at radius 3 is 2.89 bits per heavy atom. The van der Waals surface area contributed by atoms with Gasteiger partial charge in [0.05, 0.1) is 0 Å². The molecule has 9 heavy (non-hydrogen) atoms. The Kier molecular flexibility index (Phi) is 3.88. The summed E-state index contributed by atoms with van der Waals surface area (Å²) in [5.74, 6) is 1.06. The number of hydrogen-bond acceptors (Lipinski definition) is 0. The molecule has 0 amide bonds. The summed E-state index contributed by atoms with van der Waals surface area (Å²) in [6.07, 6.45) is 10.4. The second-order valence-electron chi connectivity index (χ2n) is 2.79. The van der Waals surface area contributed by atoms with Crippen LogP contribution in [0, 0.1) is 5.92 Å². The Labute approximate surface area is 73.7 Å². The molecule has 1 rings (SSSR count). The van der Waals surface area contributed by atoms with Gasteiger partial charge in [0.1, 0.15) is 0 Å². The normalized spacial score (nSPS) is 26.7. The second-order valence-corrected chi connectivity index (χ2v) is 5.54. The van der Waals surface area contributed by atoms with E-state index < -0.39 is 0 Å². The molecule has 0 aromatic carbocycles. The molecule has 1 atom stereocenters. The quantitative estimate of drug-likeness (QED) is 0.543. The van der Waals surface area contributed by atoms with E-state index in [1.54, 1.807) is 3.93 Å². The fourth-order valence-electron chi connectivity index (χ4n) is 1.41. The molecular weight excluding hydrogens is 297 g/mol. The third kappa shape index (κ3) is 2.84. The zero-order valence-electron chi connectivity index (χ0n) is 5.97. The van der Waals surface area contributed by atoms with Gasteiger partial charge in [-0.3, -0.25) is 0 Å². The molecule has 0 aromatic heterocycles. The molecule has 0 aromatic rings. The van der Waals surface area contributed by atoms with E-state index in [2.05, 4.69) is 12.2 Å². The topological polar surface area (TPSA) is 0 Å². The van der Waals surface area contributed by atoms with Crippen LogP contribution in [0.25, 0.3) is 0 Å². The average Bonchev–Trinajstić information content (AvgIpc) is 1.91. The maximum atomic E-state index is 2.36. The molecule has 0 bridgehead atoms. The SMILES string of the molecule is [Hg+][CH2]CC1CC=CCC1. The summed E-state index contributed by atoms with van der Waals surface area (Å²) in [6.45, 7) is 0. The third-order valence-corrected chi connectivity index (χ3v) is 3.58. The van der Waals surface area contributed by atoms with E-state index in [9.17, 15) is 0 Å². The van der Waals surface area contributed by atoms with Gasteiger partial charge in [-0.1, -0.05) is 0 Å². The van der Waals surface area contributed by atoms with Gasteiger partial charge >= 0.3 is 73.8 Å². The molecule has 0 nitrogen and oxygen atoms in total. The first-order valence-electron chi connectivity index (χ1n) is 3.87. The molecule has 0 aliphatic heterocycles. The second kappa shape index (κ2) is 4.48. The van der Waals surface area contributed by atoms with Crippen LogP contribution in [0.15, 0.2) is 12.2 Å². The number of rotatable bonds is 2. The monoisotopic (exact) mass is 311 g/mol. The van der Waals surface area contributed by atoms with Crippen molar-refractivity contribution in [3.63, 3.8) is 0 Å². The summed E-state index contributed by atoms with van der Waals surface area (Å²) >= 11 is 1.05. The number of allylic oxidation sites excluding steroid dienone is 2. The fourth-order valence-corrected chi connectivity index (χ4v) is 3.65. The van der Waals surface area contributed by atoms with Gasteiger partial charge in [0, 0.05) is 0 Å². The molecule has 1 heteroatoms. The van der Waals surface area contributed by atoms with E-state index in [1.165, 1.54) is 25.7 Å². The van der Waals surface area contributed by atoms with Crippen molar-refractivity contribution < 1.29 is 26.1 Å². The number of hydrogen-bond donors (Lipinski definition) is 0. The van der Waals surface area contributed by atoms with Crippen LogP contribution in [0.2, 0.25) is 3.93 Å². The predicted octanol–water partition coefficient (Wildman–Crippen LogP) is 2.70. The van der Waals surface area contributed by atoms with Crippen LogP contribution in [-0.4, -0.2) is 0 Å². The van der Waals surface area contributed by atoms with Crippen molar-refractivity contribution in [3.05, 3.63) is 12.2 Å². The van der Waals surface area contributed by atoms with Gasteiger partial charge in [0.15, 0.2) is 0 Å². The van der Waals surface area contributed by atoms with Crippen LogP contribution < -0.4 is 0 Å². The standard InChI is InChI=1S/C8H13.Hg/c1-2-8-6-4-3-5-7-8;/h3-4,8H,1-2,5-7H2;/q;+1. The van der Waals surface area contributed by atoms with Crippen molar-refractivity contribution in [2.75, 3.05) is 0 Å². The van der Waals surface area contributed by atoms with E-state index in [-0.39, 0.29) is 0 Å². The van der Waals surface area contributed by atoms with Gasteiger partial charge in [-0.2, -0.15) is 0 Å². The van der Waals surface area contributed by atoms with Gasteiger partial charge in [-0.05, 0) is 0 Å². The molecule has 0 radical (unpaired) electrons. The Bertz CT molecular complexity index is 96.7. The molecule has 0 saturated carbocycles. The van der Waals surface area contributed by atoms with Crippen molar-refractivity contribution in [2.45, 2.75) is 29.6 Å². The summed E-state index contributed by atoms with van der Waals surface area (Å²) in [6, 6.07) is 0. The summed E-state index contributed by atoms with van der Waals surface area (Å²) in [5, 5.41) is 0. The van der Waals surface area contributed by atoms with E-state index in [0.29, 0.717) is 0 Å². The first kappa shape index (κ1) is 7.78.